The summed E-state index contributed by atoms with van der Waals surface area (Å²) in [6.07, 6.45) is 3.34. The fourth-order valence-corrected chi connectivity index (χ4v) is 19.8. The van der Waals surface area contributed by atoms with Gasteiger partial charge < -0.3 is 18.0 Å². The largest absolute Gasteiger partial charge is 0.484 e. The molecule has 1 fully saturated rings. The van der Waals surface area contributed by atoms with Crippen molar-refractivity contribution in [1.82, 2.24) is 0 Å². The molecule has 2 aliphatic rings. The molecule has 246 valence electrons. The van der Waals surface area contributed by atoms with Gasteiger partial charge in [0.1, 0.15) is 18.0 Å². The van der Waals surface area contributed by atoms with Gasteiger partial charge in [-0.05, 0) is 46.3 Å². The SMILES string of the molecule is CCc1ccc(Cc2sc(C3=C[C@@H](O[Si](C(C)C)(C(C)C)C(C)C)[C@@H]4O[Si](C(C)(C)C)(C(C)(C)C)OC[C@H]4O3)cc2Cl)cc1. The molecular weight excluding hydrogens is 620 g/mol. The molecule has 8 heteroatoms. The maximum Gasteiger partial charge on any atom is 0.349 e. The molecule has 0 amide bonds. The standard InChI is InChI=1S/C36H57ClO4SSi2/c1-14-26-15-17-27(18-16-26)19-32-28(37)20-33(42-32)29-21-30(40-43(23(2)3,24(4)5)25(6)7)34-31(39-29)22-38-44(41-34,35(8,9)10)36(11,12)13/h15-18,20-21,23-25,30-31,34H,14,19,22H2,1-13H3/t30-,31-,34+/m1/s1. The van der Waals surface area contributed by atoms with Gasteiger partial charge in [0.2, 0.25) is 8.32 Å². The van der Waals surface area contributed by atoms with Crippen LogP contribution < -0.4 is 0 Å². The molecule has 2 aromatic rings. The van der Waals surface area contributed by atoms with E-state index in [0.717, 1.165) is 33.4 Å². The van der Waals surface area contributed by atoms with Crippen LogP contribution in [0, 0.1) is 0 Å². The van der Waals surface area contributed by atoms with E-state index < -0.39 is 16.9 Å². The van der Waals surface area contributed by atoms with Gasteiger partial charge in [-0.25, -0.2) is 0 Å². The molecule has 3 heterocycles. The van der Waals surface area contributed by atoms with Crippen molar-refractivity contribution in [1.29, 1.82) is 0 Å². The molecule has 0 unspecified atom stereocenters. The summed E-state index contributed by atoms with van der Waals surface area (Å²) in [6, 6.07) is 10.9. The third kappa shape index (κ3) is 6.72. The summed E-state index contributed by atoms with van der Waals surface area (Å²) in [5.74, 6) is 0.836. The zero-order chi connectivity index (χ0) is 32.8. The lowest BCUT2D eigenvalue weighted by molar-refractivity contribution is -0.113. The van der Waals surface area contributed by atoms with E-state index in [2.05, 4.69) is 126 Å². The molecule has 1 saturated heterocycles. The molecule has 1 aromatic heterocycles. The Labute approximate surface area is 279 Å². The predicted molar refractivity (Wildman–Crippen MR) is 193 cm³/mol. The Bertz CT molecular complexity index is 1270. The molecule has 2 aliphatic heterocycles. The minimum Gasteiger partial charge on any atom is -0.484 e. The number of halogens is 1. The number of rotatable bonds is 9. The Balaban J connectivity index is 1.77. The Kier molecular flexibility index (Phi) is 10.8. The number of ether oxygens (including phenoxy) is 1. The first-order valence-electron chi connectivity index (χ1n) is 16.6. The lowest BCUT2D eigenvalue weighted by Crippen LogP contribution is -2.68. The molecule has 4 nitrogen and oxygen atoms in total. The van der Waals surface area contributed by atoms with Gasteiger partial charge in [0, 0.05) is 21.4 Å². The van der Waals surface area contributed by atoms with E-state index in [1.165, 1.54) is 11.1 Å². The second kappa shape index (κ2) is 13.3. The second-order valence-corrected chi connectivity index (χ2v) is 27.5. The minimum absolute atomic E-state index is 0.126. The van der Waals surface area contributed by atoms with Gasteiger partial charge in [0.25, 0.3) is 0 Å². The van der Waals surface area contributed by atoms with Crippen LogP contribution in [0.1, 0.15) is 111 Å². The number of aryl methyl sites for hydroxylation is 1. The second-order valence-electron chi connectivity index (χ2n) is 15.8. The van der Waals surface area contributed by atoms with Crippen LogP contribution in [0.3, 0.4) is 0 Å². The van der Waals surface area contributed by atoms with Gasteiger partial charge in [-0.2, -0.15) is 0 Å². The van der Waals surface area contributed by atoms with Gasteiger partial charge in [0.05, 0.1) is 22.6 Å². The smallest absolute Gasteiger partial charge is 0.349 e. The molecule has 1 aromatic carbocycles. The number of fused-ring (bicyclic) bond motifs is 1. The van der Waals surface area contributed by atoms with E-state index in [9.17, 15) is 0 Å². The molecule has 0 bridgehead atoms. The molecule has 0 saturated carbocycles. The van der Waals surface area contributed by atoms with Crippen LogP contribution in [0.2, 0.25) is 31.7 Å². The van der Waals surface area contributed by atoms with Crippen molar-refractivity contribution in [2.24, 2.45) is 0 Å². The molecule has 3 atom stereocenters. The van der Waals surface area contributed by atoms with Crippen molar-refractivity contribution >= 4 is 45.6 Å². The molecule has 0 aliphatic carbocycles. The lowest BCUT2D eigenvalue weighted by atomic mass is 10.0. The fraction of sp³-hybridized carbons (Fsp3) is 0.667. The van der Waals surface area contributed by atoms with Crippen molar-refractivity contribution < 1.29 is 18.0 Å². The van der Waals surface area contributed by atoms with E-state index in [1.807, 2.05) is 0 Å². The molecule has 44 heavy (non-hydrogen) atoms. The summed E-state index contributed by atoms with van der Waals surface area (Å²) < 4.78 is 28.6. The lowest BCUT2D eigenvalue weighted by Gasteiger charge is -2.57. The predicted octanol–water partition coefficient (Wildman–Crippen LogP) is 11.3. The Morgan fingerprint density at radius 3 is 1.98 bits per heavy atom. The highest BCUT2D eigenvalue weighted by Crippen LogP contribution is 2.56. The van der Waals surface area contributed by atoms with Gasteiger partial charge in [-0.3, -0.25) is 0 Å². The van der Waals surface area contributed by atoms with Gasteiger partial charge >= 0.3 is 8.56 Å². The average Bonchev–Trinajstić information content (AvgIpc) is 3.29. The summed E-state index contributed by atoms with van der Waals surface area (Å²) in [5.41, 5.74) is 3.97. The first-order valence-corrected chi connectivity index (χ1v) is 21.8. The van der Waals surface area contributed by atoms with Crippen LogP contribution in [0.15, 0.2) is 36.4 Å². The Morgan fingerprint density at radius 2 is 1.48 bits per heavy atom. The van der Waals surface area contributed by atoms with Crippen LogP contribution in [0.25, 0.3) is 5.76 Å². The fourth-order valence-electron chi connectivity index (χ4n) is 7.95. The quantitative estimate of drug-likeness (QED) is 0.248. The number of thiophene rings is 1. The van der Waals surface area contributed by atoms with Crippen molar-refractivity contribution in [3.05, 3.63) is 62.3 Å². The first-order chi connectivity index (χ1) is 20.4. The van der Waals surface area contributed by atoms with E-state index in [0.29, 0.717) is 23.2 Å². The molecule has 0 N–H and O–H groups in total. The summed E-state index contributed by atoms with van der Waals surface area (Å²) in [5, 5.41) is 0.532. The first kappa shape index (κ1) is 35.9. The van der Waals surface area contributed by atoms with Crippen LogP contribution in [0.5, 0.6) is 0 Å². The normalized spacial score (nSPS) is 22.8. The summed E-state index contributed by atoms with van der Waals surface area (Å²) in [7, 11) is -4.99. The van der Waals surface area contributed by atoms with Crippen molar-refractivity contribution in [2.45, 2.75) is 148 Å². The van der Waals surface area contributed by atoms with E-state index in [1.54, 1.807) is 11.3 Å². The third-order valence-electron chi connectivity index (χ3n) is 9.86. The van der Waals surface area contributed by atoms with E-state index >= 15 is 0 Å². The van der Waals surface area contributed by atoms with Crippen molar-refractivity contribution in [3.63, 3.8) is 0 Å². The number of hydrogen-bond acceptors (Lipinski definition) is 5. The Hall–Kier alpha value is -0.936. The molecule has 0 radical (unpaired) electrons. The zero-order valence-corrected chi connectivity index (χ0v) is 33.0. The van der Waals surface area contributed by atoms with Crippen molar-refractivity contribution in [2.75, 3.05) is 6.61 Å². The van der Waals surface area contributed by atoms with Gasteiger partial charge in [0.15, 0.2) is 0 Å². The number of benzene rings is 1. The number of hydrogen-bond donors (Lipinski definition) is 0. The zero-order valence-electron chi connectivity index (χ0n) is 29.5. The minimum atomic E-state index is -2.74. The Morgan fingerprint density at radius 1 is 0.932 bits per heavy atom. The van der Waals surface area contributed by atoms with Crippen molar-refractivity contribution in [3.8, 4) is 0 Å². The van der Waals surface area contributed by atoms with Crippen LogP contribution >= 0.6 is 22.9 Å². The van der Waals surface area contributed by atoms with Gasteiger partial charge in [-0.15, -0.1) is 11.3 Å². The van der Waals surface area contributed by atoms with E-state index in [4.69, 9.17) is 29.6 Å². The molecule has 4 rings (SSSR count). The maximum absolute atomic E-state index is 7.55. The summed E-state index contributed by atoms with van der Waals surface area (Å²) in [4.78, 5) is 2.18. The third-order valence-corrected chi connectivity index (χ3v) is 22.7. The van der Waals surface area contributed by atoms with Crippen LogP contribution in [0.4, 0.5) is 0 Å². The molecule has 0 spiro atoms. The topological polar surface area (TPSA) is 36.9 Å². The van der Waals surface area contributed by atoms with Gasteiger partial charge in [-0.1, -0.05) is 126 Å². The van der Waals surface area contributed by atoms with E-state index in [-0.39, 0.29) is 28.4 Å². The maximum atomic E-state index is 7.55. The monoisotopic (exact) mass is 676 g/mol. The van der Waals surface area contributed by atoms with Crippen LogP contribution in [-0.4, -0.2) is 41.8 Å². The highest BCUT2D eigenvalue weighted by atomic mass is 35.5. The summed E-state index contributed by atoms with van der Waals surface area (Å²) in [6.45, 7) is 30.4. The highest BCUT2D eigenvalue weighted by Gasteiger charge is 2.64. The summed E-state index contributed by atoms with van der Waals surface area (Å²) >= 11 is 8.59. The highest BCUT2D eigenvalue weighted by molar-refractivity contribution is 7.13. The van der Waals surface area contributed by atoms with Crippen LogP contribution in [-0.2, 0) is 30.9 Å². The molecular formula is C36H57ClO4SSi2. The average molecular weight is 678 g/mol.